The largest absolute Gasteiger partial charge is 0.246 e. The second kappa shape index (κ2) is 9.90. The summed E-state index contributed by atoms with van der Waals surface area (Å²) < 4.78 is 0. The van der Waals surface area contributed by atoms with Crippen molar-refractivity contribution in [3.63, 3.8) is 0 Å². The Balaban J connectivity index is 1.24. The van der Waals surface area contributed by atoms with Gasteiger partial charge in [-0.05, 0) is 73.5 Å². The van der Waals surface area contributed by atoms with Crippen molar-refractivity contribution in [1.82, 2.24) is 4.98 Å². The van der Waals surface area contributed by atoms with Crippen LogP contribution in [0.25, 0.3) is 88.6 Å². The van der Waals surface area contributed by atoms with Crippen LogP contribution in [-0.4, -0.2) is 4.98 Å². The molecule has 0 atom stereocenters. The van der Waals surface area contributed by atoms with Gasteiger partial charge >= 0.3 is 0 Å². The van der Waals surface area contributed by atoms with Gasteiger partial charge in [0.15, 0.2) is 0 Å². The van der Waals surface area contributed by atoms with Gasteiger partial charge in [-0.15, -0.1) is 0 Å². The van der Waals surface area contributed by atoms with E-state index in [1.54, 1.807) is 0 Å². The average Bonchev–Trinajstić information content (AvgIpc) is 3.42. The van der Waals surface area contributed by atoms with Gasteiger partial charge in [-0.1, -0.05) is 146 Å². The topological polar surface area (TPSA) is 12.9 Å². The van der Waals surface area contributed by atoms with Gasteiger partial charge in [-0.2, -0.15) is 0 Å². The molecule has 204 valence electrons. The average molecular weight is 558 g/mol. The number of aromatic nitrogens is 1. The third-order valence-electron chi connectivity index (χ3n) is 9.00. The monoisotopic (exact) mass is 557 g/mol. The lowest BCUT2D eigenvalue weighted by molar-refractivity contribution is 1.42. The van der Waals surface area contributed by atoms with E-state index in [2.05, 4.69) is 164 Å². The smallest absolute Gasteiger partial charge is 0.0795 e. The van der Waals surface area contributed by atoms with Crippen molar-refractivity contribution in [2.24, 2.45) is 0 Å². The van der Waals surface area contributed by atoms with E-state index in [4.69, 9.17) is 4.98 Å². The third-order valence-corrected chi connectivity index (χ3v) is 9.00. The summed E-state index contributed by atoms with van der Waals surface area (Å²) in [5, 5.41) is 3.72. The van der Waals surface area contributed by atoms with E-state index in [0.717, 1.165) is 22.2 Å². The van der Waals surface area contributed by atoms with Crippen LogP contribution >= 0.6 is 0 Å². The minimum Gasteiger partial charge on any atom is -0.246 e. The van der Waals surface area contributed by atoms with Crippen LogP contribution in [0.3, 0.4) is 0 Å². The second-order valence-corrected chi connectivity index (χ2v) is 11.6. The normalized spacial score (nSPS) is 11.6. The molecule has 0 saturated carbocycles. The number of hydrogen-bond donors (Lipinski definition) is 0. The molecule has 1 heteroatoms. The molecule has 1 aliphatic carbocycles. The van der Waals surface area contributed by atoms with E-state index >= 15 is 0 Å². The number of pyridine rings is 1. The van der Waals surface area contributed by atoms with Crippen LogP contribution in [0.5, 0.6) is 0 Å². The van der Waals surface area contributed by atoms with Gasteiger partial charge in [0.05, 0.1) is 11.2 Å². The van der Waals surface area contributed by atoms with Crippen molar-refractivity contribution >= 4 is 21.7 Å². The van der Waals surface area contributed by atoms with Crippen molar-refractivity contribution < 1.29 is 0 Å². The first-order valence-electron chi connectivity index (χ1n) is 15.1. The summed E-state index contributed by atoms with van der Waals surface area (Å²) in [6, 6.07) is 59.1. The zero-order chi connectivity index (χ0) is 29.0. The Morgan fingerprint density at radius 1 is 0.295 bits per heavy atom. The molecule has 0 bridgehead atoms. The fourth-order valence-electron chi connectivity index (χ4n) is 6.81. The molecule has 0 aliphatic heterocycles. The van der Waals surface area contributed by atoms with E-state index in [0.29, 0.717) is 0 Å². The summed E-state index contributed by atoms with van der Waals surface area (Å²) in [4.78, 5) is 5.44. The molecule has 8 aromatic rings. The fraction of sp³-hybridized carbons (Fsp3) is 0. The van der Waals surface area contributed by atoms with E-state index in [1.807, 2.05) is 0 Å². The Labute approximate surface area is 256 Å². The predicted molar refractivity (Wildman–Crippen MR) is 185 cm³/mol. The van der Waals surface area contributed by atoms with Crippen molar-refractivity contribution in [2.75, 3.05) is 0 Å². The maximum atomic E-state index is 5.44. The summed E-state index contributed by atoms with van der Waals surface area (Å²) in [5.74, 6) is 0. The molecule has 0 amide bonds. The molecule has 44 heavy (non-hydrogen) atoms. The highest BCUT2D eigenvalue weighted by atomic mass is 14.7. The molecule has 1 heterocycles. The van der Waals surface area contributed by atoms with Crippen LogP contribution in [0.15, 0.2) is 164 Å². The Hall–Kier alpha value is -5.79. The highest BCUT2D eigenvalue weighted by molar-refractivity contribution is 6.16. The predicted octanol–water partition coefficient (Wildman–Crippen LogP) is 11.7. The minimum absolute atomic E-state index is 1.03. The number of rotatable bonds is 4. The zero-order valence-corrected chi connectivity index (χ0v) is 24.0. The molecule has 7 aromatic carbocycles. The number of nitrogens with zero attached hydrogens (tertiary/aromatic N) is 1. The molecule has 0 unspecified atom stereocenters. The minimum atomic E-state index is 1.03. The second-order valence-electron chi connectivity index (χ2n) is 11.6. The highest BCUT2D eigenvalue weighted by Crippen LogP contribution is 2.48. The highest BCUT2D eigenvalue weighted by Gasteiger charge is 2.24. The van der Waals surface area contributed by atoms with Crippen molar-refractivity contribution in [2.45, 2.75) is 0 Å². The summed E-state index contributed by atoms with van der Waals surface area (Å²) in [6.45, 7) is 0. The summed E-state index contributed by atoms with van der Waals surface area (Å²) >= 11 is 0. The van der Waals surface area contributed by atoms with Crippen LogP contribution in [0, 0.1) is 0 Å². The van der Waals surface area contributed by atoms with Crippen molar-refractivity contribution in [1.29, 1.82) is 0 Å². The number of benzene rings is 7. The van der Waals surface area contributed by atoms with E-state index in [1.165, 1.54) is 66.4 Å². The van der Waals surface area contributed by atoms with Crippen LogP contribution in [0.1, 0.15) is 0 Å². The van der Waals surface area contributed by atoms with Crippen LogP contribution < -0.4 is 0 Å². The lowest BCUT2D eigenvalue weighted by Gasteiger charge is -2.14. The molecular formula is C43H27N. The number of fused-ring (bicyclic) bond motifs is 4. The quantitative estimate of drug-likeness (QED) is 0.210. The molecule has 1 nitrogen and oxygen atoms in total. The number of hydrogen-bond acceptors (Lipinski definition) is 1. The maximum absolute atomic E-state index is 5.44. The van der Waals surface area contributed by atoms with Gasteiger partial charge < -0.3 is 0 Å². The van der Waals surface area contributed by atoms with Gasteiger partial charge in [0.1, 0.15) is 0 Å². The van der Waals surface area contributed by atoms with Crippen LogP contribution in [0.2, 0.25) is 0 Å². The Bertz CT molecular complexity index is 2330. The van der Waals surface area contributed by atoms with Gasteiger partial charge in [-0.25, -0.2) is 4.98 Å². The fourth-order valence-corrected chi connectivity index (χ4v) is 6.81. The first kappa shape index (κ1) is 24.8. The van der Waals surface area contributed by atoms with Crippen molar-refractivity contribution in [3.05, 3.63) is 164 Å². The molecule has 1 aliphatic rings. The van der Waals surface area contributed by atoms with E-state index < -0.39 is 0 Å². The lowest BCUT2D eigenvalue weighted by Crippen LogP contribution is -1.92. The van der Waals surface area contributed by atoms with Crippen molar-refractivity contribution in [3.8, 4) is 66.9 Å². The van der Waals surface area contributed by atoms with Gasteiger partial charge in [0.25, 0.3) is 0 Å². The molecular weight excluding hydrogens is 530 g/mol. The zero-order valence-electron chi connectivity index (χ0n) is 24.0. The standard InChI is InChI=1S/C43H27N/c1-3-9-28(10-4-1)30-17-19-32(20-18-30)35-25-36-27-40-37-15-7-13-34-14-8-16-38(41(34)37)43(40)44-42(36)39(26-35)33-23-21-31(22-24-33)29-11-5-2-6-12-29/h1-27H. The first-order valence-corrected chi connectivity index (χ1v) is 15.1. The Morgan fingerprint density at radius 3 is 1.43 bits per heavy atom. The SMILES string of the molecule is c1ccc(-c2ccc(-c3cc(-c4ccc(-c5ccccc5)cc4)c4nc5c(cc4c3)-c3cccc4cccc-5c34)cc2)cc1. The molecule has 1 aromatic heterocycles. The molecule has 0 saturated heterocycles. The van der Waals surface area contributed by atoms with Crippen LogP contribution in [-0.2, 0) is 0 Å². The third kappa shape index (κ3) is 3.98. The van der Waals surface area contributed by atoms with E-state index in [9.17, 15) is 0 Å². The summed E-state index contributed by atoms with van der Waals surface area (Å²) in [5.41, 5.74) is 15.4. The maximum Gasteiger partial charge on any atom is 0.0795 e. The Kier molecular flexibility index (Phi) is 5.57. The molecule has 9 rings (SSSR count). The van der Waals surface area contributed by atoms with Gasteiger partial charge in [-0.3, -0.25) is 0 Å². The Morgan fingerprint density at radius 2 is 0.818 bits per heavy atom. The molecule has 0 N–H and O–H groups in total. The van der Waals surface area contributed by atoms with Crippen LogP contribution in [0.4, 0.5) is 0 Å². The molecule has 0 fully saturated rings. The summed E-state index contributed by atoms with van der Waals surface area (Å²) in [7, 11) is 0. The van der Waals surface area contributed by atoms with E-state index in [-0.39, 0.29) is 0 Å². The first-order chi connectivity index (χ1) is 21.8. The van der Waals surface area contributed by atoms with Gasteiger partial charge in [0, 0.05) is 22.1 Å². The lowest BCUT2D eigenvalue weighted by atomic mass is 9.92. The molecule has 0 radical (unpaired) electrons. The molecule has 0 spiro atoms. The summed E-state index contributed by atoms with van der Waals surface area (Å²) in [6.07, 6.45) is 0. The van der Waals surface area contributed by atoms with Gasteiger partial charge in [0.2, 0.25) is 0 Å².